The standard InChI is InChI=1S/C22H18N2O4/c1-14(19-8-5-11-28-19)23-20(25)16-9-10-17-18(12-16)22(27)24(21(17)26)13-15-6-3-2-4-7-15/h2-12,14H,13H2,1H3,(H,23,25)/t14-/m1/s1. The molecule has 0 saturated heterocycles. The third-order valence-corrected chi connectivity index (χ3v) is 4.73. The highest BCUT2D eigenvalue weighted by atomic mass is 16.3. The molecule has 0 saturated carbocycles. The Kier molecular flexibility index (Phi) is 4.53. The van der Waals surface area contributed by atoms with Gasteiger partial charge >= 0.3 is 0 Å². The zero-order valence-electron chi connectivity index (χ0n) is 15.2. The molecule has 2 aromatic carbocycles. The molecule has 0 radical (unpaired) electrons. The normalized spacial score (nSPS) is 14.1. The Balaban J connectivity index is 1.54. The van der Waals surface area contributed by atoms with Crippen molar-refractivity contribution in [3.63, 3.8) is 0 Å². The van der Waals surface area contributed by atoms with E-state index in [2.05, 4.69) is 5.32 Å². The first-order valence-corrected chi connectivity index (χ1v) is 8.93. The average molecular weight is 374 g/mol. The molecule has 2 heterocycles. The Hall–Kier alpha value is -3.67. The molecule has 1 atom stereocenters. The number of nitrogens with zero attached hydrogens (tertiary/aromatic N) is 1. The largest absolute Gasteiger partial charge is 0.467 e. The first kappa shape index (κ1) is 17.7. The predicted octanol–water partition coefficient (Wildman–Crippen LogP) is 3.57. The molecule has 1 aliphatic rings. The first-order chi connectivity index (χ1) is 13.5. The highest BCUT2D eigenvalue weighted by Crippen LogP contribution is 2.26. The number of nitrogens with one attached hydrogen (secondary N) is 1. The Morgan fingerprint density at radius 3 is 2.46 bits per heavy atom. The van der Waals surface area contributed by atoms with E-state index >= 15 is 0 Å². The zero-order valence-corrected chi connectivity index (χ0v) is 15.2. The van der Waals surface area contributed by atoms with Crippen molar-refractivity contribution in [2.75, 3.05) is 0 Å². The van der Waals surface area contributed by atoms with Crippen LogP contribution in [0.25, 0.3) is 0 Å². The first-order valence-electron chi connectivity index (χ1n) is 8.93. The van der Waals surface area contributed by atoms with Crippen molar-refractivity contribution in [3.05, 3.63) is 94.9 Å². The van der Waals surface area contributed by atoms with Crippen molar-refractivity contribution in [2.45, 2.75) is 19.5 Å². The fraction of sp³-hybridized carbons (Fsp3) is 0.136. The summed E-state index contributed by atoms with van der Waals surface area (Å²) in [5, 5.41) is 2.82. The van der Waals surface area contributed by atoms with Crippen LogP contribution in [0.2, 0.25) is 0 Å². The van der Waals surface area contributed by atoms with Gasteiger partial charge in [0.25, 0.3) is 17.7 Å². The molecule has 0 spiro atoms. The molecule has 140 valence electrons. The third-order valence-electron chi connectivity index (χ3n) is 4.73. The van der Waals surface area contributed by atoms with Crippen LogP contribution in [0.15, 0.2) is 71.3 Å². The van der Waals surface area contributed by atoms with Crippen molar-refractivity contribution >= 4 is 17.7 Å². The van der Waals surface area contributed by atoms with Gasteiger partial charge in [-0.1, -0.05) is 30.3 Å². The van der Waals surface area contributed by atoms with Crippen LogP contribution in [0, 0.1) is 0 Å². The van der Waals surface area contributed by atoms with E-state index < -0.39 is 5.91 Å². The maximum atomic E-state index is 12.8. The van der Waals surface area contributed by atoms with E-state index in [0.29, 0.717) is 16.9 Å². The summed E-state index contributed by atoms with van der Waals surface area (Å²) < 4.78 is 5.29. The lowest BCUT2D eigenvalue weighted by molar-refractivity contribution is 0.0642. The highest BCUT2D eigenvalue weighted by molar-refractivity contribution is 6.22. The van der Waals surface area contributed by atoms with Gasteiger partial charge in [-0.2, -0.15) is 0 Å². The Bertz CT molecular complexity index is 1040. The fourth-order valence-corrected chi connectivity index (χ4v) is 3.23. The minimum atomic E-state index is -0.391. The SMILES string of the molecule is C[C@@H](NC(=O)c1ccc2c(c1)C(=O)N(Cc1ccccc1)C2=O)c1ccco1. The van der Waals surface area contributed by atoms with Crippen molar-refractivity contribution in [1.29, 1.82) is 0 Å². The second-order valence-electron chi connectivity index (χ2n) is 6.65. The summed E-state index contributed by atoms with van der Waals surface area (Å²) in [6, 6.07) is 17.1. The molecular formula is C22H18N2O4. The Labute approximate surface area is 161 Å². The maximum Gasteiger partial charge on any atom is 0.261 e. The van der Waals surface area contributed by atoms with Crippen molar-refractivity contribution in [3.8, 4) is 0 Å². The van der Waals surface area contributed by atoms with Crippen molar-refractivity contribution in [2.24, 2.45) is 0 Å². The number of carbonyl (C=O) groups is 3. The van der Waals surface area contributed by atoms with Crippen LogP contribution in [0.1, 0.15) is 55.4 Å². The number of hydrogen-bond donors (Lipinski definition) is 1. The van der Waals surface area contributed by atoms with Crippen LogP contribution in [0.3, 0.4) is 0 Å². The zero-order chi connectivity index (χ0) is 19.7. The summed E-state index contributed by atoms with van der Waals surface area (Å²) in [6.07, 6.45) is 1.54. The van der Waals surface area contributed by atoms with Gasteiger partial charge in [-0.15, -0.1) is 0 Å². The van der Waals surface area contributed by atoms with Crippen molar-refractivity contribution in [1.82, 2.24) is 10.2 Å². The summed E-state index contributed by atoms with van der Waals surface area (Å²) in [4.78, 5) is 39.1. The van der Waals surface area contributed by atoms with Gasteiger partial charge in [0.2, 0.25) is 0 Å². The predicted molar refractivity (Wildman–Crippen MR) is 102 cm³/mol. The second kappa shape index (κ2) is 7.15. The maximum absolute atomic E-state index is 12.8. The van der Waals surface area contributed by atoms with Crippen LogP contribution in [-0.2, 0) is 6.54 Å². The van der Waals surface area contributed by atoms with Gasteiger partial charge in [-0.3, -0.25) is 19.3 Å². The van der Waals surface area contributed by atoms with E-state index in [4.69, 9.17) is 4.42 Å². The van der Waals surface area contributed by atoms with Gasteiger partial charge in [0.15, 0.2) is 0 Å². The number of hydrogen-bond acceptors (Lipinski definition) is 4. The van der Waals surface area contributed by atoms with Gasteiger partial charge in [0.05, 0.1) is 30.0 Å². The minimum Gasteiger partial charge on any atom is -0.467 e. The molecule has 4 rings (SSSR count). The van der Waals surface area contributed by atoms with Crippen LogP contribution >= 0.6 is 0 Å². The van der Waals surface area contributed by atoms with Gasteiger partial charge in [-0.05, 0) is 42.8 Å². The quantitative estimate of drug-likeness (QED) is 0.693. The molecular weight excluding hydrogens is 356 g/mol. The summed E-state index contributed by atoms with van der Waals surface area (Å²) in [6.45, 7) is 2.00. The minimum absolute atomic E-state index is 0.199. The molecule has 0 unspecified atom stereocenters. The van der Waals surface area contributed by atoms with E-state index in [-0.39, 0.29) is 30.0 Å². The van der Waals surface area contributed by atoms with Gasteiger partial charge in [-0.25, -0.2) is 0 Å². The summed E-state index contributed by atoms with van der Waals surface area (Å²) >= 11 is 0. The van der Waals surface area contributed by atoms with Crippen LogP contribution < -0.4 is 5.32 Å². The molecule has 1 N–H and O–H groups in total. The number of furan rings is 1. The molecule has 0 aliphatic carbocycles. The molecule has 3 aromatic rings. The molecule has 1 aliphatic heterocycles. The Morgan fingerprint density at radius 2 is 1.75 bits per heavy atom. The van der Waals surface area contributed by atoms with E-state index in [1.165, 1.54) is 17.0 Å². The van der Waals surface area contributed by atoms with E-state index in [1.54, 1.807) is 31.4 Å². The number of fused-ring (bicyclic) bond motifs is 1. The van der Waals surface area contributed by atoms with E-state index in [9.17, 15) is 14.4 Å². The van der Waals surface area contributed by atoms with Gasteiger partial charge in [0, 0.05) is 5.56 Å². The fourth-order valence-electron chi connectivity index (χ4n) is 3.23. The molecule has 3 amide bonds. The number of rotatable bonds is 5. The number of carbonyl (C=O) groups excluding carboxylic acids is 3. The Morgan fingerprint density at radius 1 is 1.00 bits per heavy atom. The monoisotopic (exact) mass is 374 g/mol. The number of imide groups is 1. The summed E-state index contributed by atoms with van der Waals surface area (Å²) in [5.74, 6) is -0.444. The van der Waals surface area contributed by atoms with Crippen LogP contribution in [0.5, 0.6) is 0 Å². The number of benzene rings is 2. The number of amides is 3. The molecule has 28 heavy (non-hydrogen) atoms. The van der Waals surface area contributed by atoms with Gasteiger partial charge < -0.3 is 9.73 Å². The summed E-state index contributed by atoms with van der Waals surface area (Å²) in [7, 11) is 0. The lowest BCUT2D eigenvalue weighted by Crippen LogP contribution is -2.29. The van der Waals surface area contributed by atoms with Crippen LogP contribution in [-0.4, -0.2) is 22.6 Å². The van der Waals surface area contributed by atoms with E-state index in [0.717, 1.165) is 5.56 Å². The summed E-state index contributed by atoms with van der Waals surface area (Å²) in [5.41, 5.74) is 1.75. The second-order valence-corrected chi connectivity index (χ2v) is 6.65. The van der Waals surface area contributed by atoms with E-state index in [1.807, 2.05) is 30.3 Å². The average Bonchev–Trinajstić information content (AvgIpc) is 3.33. The lowest BCUT2D eigenvalue weighted by atomic mass is 10.0. The molecule has 1 aromatic heterocycles. The molecule has 0 bridgehead atoms. The lowest BCUT2D eigenvalue weighted by Gasteiger charge is -2.13. The smallest absolute Gasteiger partial charge is 0.261 e. The molecule has 0 fully saturated rings. The van der Waals surface area contributed by atoms with Gasteiger partial charge in [0.1, 0.15) is 5.76 Å². The molecule has 6 nitrogen and oxygen atoms in total. The van der Waals surface area contributed by atoms with Crippen molar-refractivity contribution < 1.29 is 18.8 Å². The van der Waals surface area contributed by atoms with Crippen LogP contribution in [0.4, 0.5) is 0 Å². The third kappa shape index (κ3) is 3.20. The molecule has 6 heteroatoms. The topological polar surface area (TPSA) is 79.6 Å². The highest BCUT2D eigenvalue weighted by Gasteiger charge is 2.36.